The summed E-state index contributed by atoms with van der Waals surface area (Å²) in [5, 5.41) is 2.91. The third kappa shape index (κ3) is 3.76. The van der Waals surface area contributed by atoms with Crippen LogP contribution in [0.5, 0.6) is 0 Å². The summed E-state index contributed by atoms with van der Waals surface area (Å²) in [7, 11) is 0. The molecular weight excluding hydrogens is 369 g/mol. The lowest BCUT2D eigenvalue weighted by atomic mass is 9.96. The van der Waals surface area contributed by atoms with Crippen molar-refractivity contribution >= 4 is 23.2 Å². The van der Waals surface area contributed by atoms with Gasteiger partial charge >= 0.3 is 0 Å². The van der Waals surface area contributed by atoms with Crippen molar-refractivity contribution in [2.24, 2.45) is 11.8 Å². The minimum atomic E-state index is -0.330. The van der Waals surface area contributed by atoms with Gasteiger partial charge in [-0.3, -0.25) is 14.6 Å². The maximum Gasteiger partial charge on any atom is 0.233 e. The van der Waals surface area contributed by atoms with Crippen LogP contribution in [0.25, 0.3) is 0 Å². The van der Waals surface area contributed by atoms with Gasteiger partial charge in [-0.25, -0.2) is 4.39 Å². The van der Waals surface area contributed by atoms with E-state index in [1.165, 1.54) is 12.1 Å². The molecule has 2 saturated carbocycles. The number of fused-ring (bicyclic) bond motifs is 1. The molecule has 3 aliphatic rings. The summed E-state index contributed by atoms with van der Waals surface area (Å²) in [5.74, 6) is -0.0695. The lowest BCUT2D eigenvalue weighted by Gasteiger charge is -2.30. The molecule has 1 aliphatic heterocycles. The van der Waals surface area contributed by atoms with E-state index in [0.717, 1.165) is 62.1 Å². The van der Waals surface area contributed by atoms with Gasteiger partial charge in [-0.15, -0.1) is 0 Å². The molecule has 2 fully saturated rings. The number of nitrogens with zero attached hydrogens (tertiary/aromatic N) is 2. The number of hydrogen-bond donors (Lipinski definition) is 1. The highest BCUT2D eigenvalue weighted by Gasteiger charge is 2.40. The molecule has 2 aliphatic carbocycles. The molecule has 5 rings (SSSR count). The summed E-state index contributed by atoms with van der Waals surface area (Å²) in [4.78, 5) is 32.3. The summed E-state index contributed by atoms with van der Waals surface area (Å²) < 4.78 is 13.1. The van der Waals surface area contributed by atoms with E-state index >= 15 is 0 Å². The minimum absolute atomic E-state index is 0.103. The van der Waals surface area contributed by atoms with E-state index in [2.05, 4.69) is 5.32 Å². The second kappa shape index (κ2) is 7.25. The van der Waals surface area contributed by atoms with E-state index in [1.807, 2.05) is 17.0 Å². The summed E-state index contributed by atoms with van der Waals surface area (Å²) >= 11 is 0. The van der Waals surface area contributed by atoms with E-state index in [9.17, 15) is 14.0 Å². The van der Waals surface area contributed by atoms with Gasteiger partial charge in [0.1, 0.15) is 5.82 Å². The maximum atomic E-state index is 13.1. The molecule has 1 aromatic carbocycles. The fourth-order valence-electron chi connectivity index (χ4n) is 4.19. The Balaban J connectivity index is 1.40. The van der Waals surface area contributed by atoms with Crippen molar-refractivity contribution in [3.8, 4) is 0 Å². The first-order chi connectivity index (χ1) is 14.1. The number of aryl methyl sites for hydroxylation is 1. The number of carbonyl (C=O) groups is 2. The monoisotopic (exact) mass is 393 g/mol. The number of benzene rings is 1. The molecule has 0 bridgehead atoms. The normalized spacial score (nSPS) is 19.4. The number of carbonyl (C=O) groups excluding carboxylic acids is 2. The molecule has 6 heteroatoms. The van der Waals surface area contributed by atoms with Crippen molar-refractivity contribution in [3.63, 3.8) is 0 Å². The van der Waals surface area contributed by atoms with Crippen molar-refractivity contribution < 1.29 is 14.0 Å². The molecule has 150 valence electrons. The predicted octanol–water partition coefficient (Wildman–Crippen LogP) is 4.04. The van der Waals surface area contributed by atoms with Crippen LogP contribution in [-0.2, 0) is 16.0 Å². The summed E-state index contributed by atoms with van der Waals surface area (Å²) in [6.07, 6.45) is 5.72. The average Bonchev–Trinajstić information content (AvgIpc) is 3.62. The highest BCUT2D eigenvalue weighted by molar-refractivity contribution is 5.98. The lowest BCUT2D eigenvalue weighted by Crippen LogP contribution is -2.37. The third-order valence-corrected chi connectivity index (χ3v) is 6.06. The number of rotatable bonds is 5. The quantitative estimate of drug-likeness (QED) is 0.834. The molecule has 1 unspecified atom stereocenters. The van der Waals surface area contributed by atoms with Crippen molar-refractivity contribution in [1.29, 1.82) is 0 Å². The minimum Gasteiger partial charge on any atom is -0.326 e. The number of halogens is 1. The first-order valence-corrected chi connectivity index (χ1v) is 10.5. The van der Waals surface area contributed by atoms with E-state index in [4.69, 9.17) is 4.98 Å². The molecule has 2 aromatic rings. The van der Waals surface area contributed by atoms with Crippen LogP contribution in [0.4, 0.5) is 15.8 Å². The molecule has 0 spiro atoms. The van der Waals surface area contributed by atoms with Crippen LogP contribution in [0.2, 0.25) is 0 Å². The number of anilines is 2. The number of aromatic nitrogens is 1. The Hall–Kier alpha value is -2.76. The SMILES string of the molecule is O=C(Nc1ccc(F)cc1)C(c1ccc2c(n1)CCCN2C(=O)C1CC1)C1CC1. The van der Waals surface area contributed by atoms with Crippen LogP contribution in [0.1, 0.15) is 49.4 Å². The molecule has 0 radical (unpaired) electrons. The van der Waals surface area contributed by atoms with Gasteiger partial charge in [0, 0.05) is 18.2 Å². The van der Waals surface area contributed by atoms with Crippen LogP contribution >= 0.6 is 0 Å². The van der Waals surface area contributed by atoms with Crippen LogP contribution in [0.15, 0.2) is 36.4 Å². The first kappa shape index (κ1) is 18.3. The van der Waals surface area contributed by atoms with Crippen molar-refractivity contribution in [2.45, 2.75) is 44.4 Å². The zero-order valence-electron chi connectivity index (χ0n) is 16.2. The summed E-state index contributed by atoms with van der Waals surface area (Å²) in [6.45, 7) is 0.750. The molecule has 2 heterocycles. The number of pyridine rings is 1. The Morgan fingerprint density at radius 3 is 2.52 bits per heavy atom. The standard InChI is InChI=1S/C23H24FN3O2/c24-16-7-9-17(10-8-16)25-22(28)21(14-3-4-14)19-11-12-20-18(26-19)2-1-13-27(20)23(29)15-5-6-15/h7-12,14-15,21H,1-6,13H2,(H,25,28). The van der Waals surface area contributed by atoms with Gasteiger partial charge in [-0.05, 0) is 80.8 Å². The topological polar surface area (TPSA) is 62.3 Å². The average molecular weight is 393 g/mol. The number of hydrogen-bond acceptors (Lipinski definition) is 3. The number of amides is 2. The van der Waals surface area contributed by atoms with Gasteiger partial charge in [0.05, 0.1) is 23.0 Å². The second-order valence-electron chi connectivity index (χ2n) is 8.38. The lowest BCUT2D eigenvalue weighted by molar-refractivity contribution is -0.120. The van der Waals surface area contributed by atoms with Crippen LogP contribution in [0, 0.1) is 17.7 Å². The molecule has 5 nitrogen and oxygen atoms in total. The number of nitrogens with one attached hydrogen (secondary N) is 1. The zero-order valence-corrected chi connectivity index (χ0v) is 16.2. The van der Waals surface area contributed by atoms with Gasteiger partial charge in [0.2, 0.25) is 11.8 Å². The van der Waals surface area contributed by atoms with Gasteiger partial charge < -0.3 is 10.2 Å². The highest BCUT2D eigenvalue weighted by Crippen LogP contribution is 2.44. The fraction of sp³-hybridized carbons (Fsp3) is 0.435. The molecule has 29 heavy (non-hydrogen) atoms. The molecule has 0 saturated heterocycles. The molecule has 1 atom stereocenters. The van der Waals surface area contributed by atoms with E-state index in [0.29, 0.717) is 5.69 Å². The first-order valence-electron chi connectivity index (χ1n) is 10.5. The van der Waals surface area contributed by atoms with Crippen molar-refractivity contribution in [1.82, 2.24) is 4.98 Å². The summed E-state index contributed by atoms with van der Waals surface area (Å²) in [6, 6.07) is 9.69. The van der Waals surface area contributed by atoms with Gasteiger partial charge in [-0.1, -0.05) is 0 Å². The van der Waals surface area contributed by atoms with E-state index in [1.54, 1.807) is 12.1 Å². The van der Waals surface area contributed by atoms with Gasteiger partial charge in [-0.2, -0.15) is 0 Å². The third-order valence-electron chi connectivity index (χ3n) is 6.06. The largest absolute Gasteiger partial charge is 0.326 e. The molecule has 1 aromatic heterocycles. The van der Waals surface area contributed by atoms with Crippen molar-refractivity contribution in [2.75, 3.05) is 16.8 Å². The van der Waals surface area contributed by atoms with Gasteiger partial charge in [0.25, 0.3) is 0 Å². The summed E-state index contributed by atoms with van der Waals surface area (Å²) in [5.41, 5.74) is 3.18. The van der Waals surface area contributed by atoms with Crippen LogP contribution in [0.3, 0.4) is 0 Å². The Bertz CT molecular complexity index is 951. The Morgan fingerprint density at radius 2 is 1.83 bits per heavy atom. The van der Waals surface area contributed by atoms with Crippen LogP contribution < -0.4 is 10.2 Å². The van der Waals surface area contributed by atoms with E-state index in [-0.39, 0.29) is 35.4 Å². The van der Waals surface area contributed by atoms with Gasteiger partial charge in [0.15, 0.2) is 0 Å². The van der Waals surface area contributed by atoms with E-state index < -0.39 is 0 Å². The molecular formula is C23H24FN3O2. The highest BCUT2D eigenvalue weighted by atomic mass is 19.1. The Morgan fingerprint density at radius 1 is 1.07 bits per heavy atom. The van der Waals surface area contributed by atoms with Crippen molar-refractivity contribution in [3.05, 3.63) is 53.6 Å². The van der Waals surface area contributed by atoms with Crippen LogP contribution in [-0.4, -0.2) is 23.3 Å². The molecule has 2 amide bonds. The second-order valence-corrected chi connectivity index (χ2v) is 8.38. The maximum absolute atomic E-state index is 13.1. The predicted molar refractivity (Wildman–Crippen MR) is 108 cm³/mol. The smallest absolute Gasteiger partial charge is 0.233 e. The zero-order chi connectivity index (χ0) is 20.0. The fourth-order valence-corrected chi connectivity index (χ4v) is 4.19. The molecule has 1 N–H and O–H groups in total. The Kier molecular flexibility index (Phi) is 4.57. The Labute approximate surface area is 169 Å².